The molecule has 0 spiro atoms. The molecule has 1 aromatic carbocycles. The van der Waals surface area contributed by atoms with E-state index >= 15 is 0 Å². The highest BCUT2D eigenvalue weighted by molar-refractivity contribution is 6.33. The first-order chi connectivity index (χ1) is 7.70. The van der Waals surface area contributed by atoms with Gasteiger partial charge >= 0.3 is 0 Å². The first kappa shape index (κ1) is 11.7. The van der Waals surface area contributed by atoms with E-state index in [4.69, 9.17) is 11.6 Å². The second kappa shape index (κ2) is 5.02. The highest BCUT2D eigenvalue weighted by Crippen LogP contribution is 2.26. The van der Waals surface area contributed by atoms with Crippen molar-refractivity contribution in [2.24, 2.45) is 0 Å². The van der Waals surface area contributed by atoms with Crippen molar-refractivity contribution < 1.29 is 4.39 Å². The zero-order chi connectivity index (χ0) is 11.4. The van der Waals surface area contributed by atoms with Gasteiger partial charge in [-0.05, 0) is 38.1 Å². The third-order valence-electron chi connectivity index (χ3n) is 2.97. The van der Waals surface area contributed by atoms with Crippen LogP contribution in [-0.2, 0) is 0 Å². The van der Waals surface area contributed by atoms with Gasteiger partial charge in [0.2, 0.25) is 0 Å². The van der Waals surface area contributed by atoms with Gasteiger partial charge in [-0.25, -0.2) is 4.39 Å². The molecule has 0 radical (unpaired) electrons. The van der Waals surface area contributed by atoms with E-state index in [9.17, 15) is 4.39 Å². The van der Waals surface area contributed by atoms with E-state index in [0.717, 1.165) is 18.8 Å². The van der Waals surface area contributed by atoms with Crippen LogP contribution in [0.5, 0.6) is 0 Å². The molecule has 1 heterocycles. The summed E-state index contributed by atoms with van der Waals surface area (Å²) in [6, 6.07) is 7.43. The SMILES string of the molecule is FC1(CNc2ccccc2Cl)CCNCC1. The van der Waals surface area contributed by atoms with Crippen molar-refractivity contribution in [2.75, 3.05) is 25.0 Å². The van der Waals surface area contributed by atoms with E-state index in [2.05, 4.69) is 10.6 Å². The standard InChI is InChI=1S/C12H16ClFN2/c13-10-3-1-2-4-11(10)16-9-12(14)5-7-15-8-6-12/h1-4,15-16H,5-9H2. The Morgan fingerprint density at radius 3 is 2.69 bits per heavy atom. The number of benzene rings is 1. The molecule has 1 saturated heterocycles. The number of hydrogen-bond donors (Lipinski definition) is 2. The van der Waals surface area contributed by atoms with Crippen LogP contribution in [0.4, 0.5) is 10.1 Å². The molecule has 88 valence electrons. The molecule has 16 heavy (non-hydrogen) atoms. The monoisotopic (exact) mass is 242 g/mol. The second-order valence-corrected chi connectivity index (χ2v) is 4.64. The maximum absolute atomic E-state index is 14.2. The number of alkyl halides is 1. The Hall–Kier alpha value is -0.800. The van der Waals surface area contributed by atoms with Gasteiger partial charge in [0.25, 0.3) is 0 Å². The predicted molar refractivity (Wildman–Crippen MR) is 65.9 cm³/mol. The molecule has 0 atom stereocenters. The first-order valence-corrected chi connectivity index (χ1v) is 5.95. The molecular formula is C12H16ClFN2. The van der Waals surface area contributed by atoms with E-state index in [-0.39, 0.29) is 0 Å². The van der Waals surface area contributed by atoms with Gasteiger partial charge in [0.1, 0.15) is 5.67 Å². The number of halogens is 2. The van der Waals surface area contributed by atoms with Crippen LogP contribution in [0.3, 0.4) is 0 Å². The fraction of sp³-hybridized carbons (Fsp3) is 0.500. The zero-order valence-corrected chi connectivity index (χ0v) is 9.86. The fourth-order valence-electron chi connectivity index (χ4n) is 1.91. The number of anilines is 1. The normalized spacial score (nSPS) is 19.4. The Balaban J connectivity index is 1.94. The van der Waals surface area contributed by atoms with Crippen LogP contribution in [0.25, 0.3) is 0 Å². The molecule has 0 aromatic heterocycles. The van der Waals surface area contributed by atoms with Gasteiger partial charge in [-0.3, -0.25) is 0 Å². The molecule has 2 N–H and O–H groups in total. The Labute approximate surface area is 100 Å². The van der Waals surface area contributed by atoms with Gasteiger partial charge in [-0.1, -0.05) is 23.7 Å². The van der Waals surface area contributed by atoms with Gasteiger partial charge < -0.3 is 10.6 Å². The average Bonchev–Trinajstić information content (AvgIpc) is 2.29. The van der Waals surface area contributed by atoms with E-state index in [1.807, 2.05) is 18.2 Å². The number of para-hydroxylation sites is 1. The third kappa shape index (κ3) is 2.86. The average molecular weight is 243 g/mol. The van der Waals surface area contributed by atoms with Crippen molar-refractivity contribution in [1.29, 1.82) is 0 Å². The molecule has 1 aliphatic rings. The lowest BCUT2D eigenvalue weighted by molar-refractivity contribution is 0.131. The number of rotatable bonds is 3. The molecular weight excluding hydrogens is 227 g/mol. The largest absolute Gasteiger partial charge is 0.381 e. The maximum Gasteiger partial charge on any atom is 0.130 e. The fourth-order valence-corrected chi connectivity index (χ4v) is 2.11. The minimum atomic E-state index is -1.11. The van der Waals surface area contributed by atoms with Crippen molar-refractivity contribution in [2.45, 2.75) is 18.5 Å². The first-order valence-electron chi connectivity index (χ1n) is 5.58. The van der Waals surface area contributed by atoms with Gasteiger partial charge in [-0.15, -0.1) is 0 Å². The molecule has 1 aromatic rings. The predicted octanol–water partition coefficient (Wildman–Crippen LogP) is 2.84. The van der Waals surface area contributed by atoms with Crippen molar-refractivity contribution in [3.8, 4) is 0 Å². The summed E-state index contributed by atoms with van der Waals surface area (Å²) >= 11 is 5.99. The summed E-state index contributed by atoms with van der Waals surface area (Å²) in [5, 5.41) is 6.88. The Bertz CT molecular complexity index is 351. The van der Waals surface area contributed by atoms with Gasteiger partial charge in [0.15, 0.2) is 0 Å². The summed E-state index contributed by atoms with van der Waals surface area (Å²) in [6.07, 6.45) is 1.12. The Kier molecular flexibility index (Phi) is 3.66. The highest BCUT2D eigenvalue weighted by atomic mass is 35.5. The van der Waals surface area contributed by atoms with Crippen molar-refractivity contribution in [3.63, 3.8) is 0 Å². The summed E-state index contributed by atoms with van der Waals surface area (Å²) < 4.78 is 14.2. The van der Waals surface area contributed by atoms with Gasteiger partial charge in [0, 0.05) is 6.54 Å². The quantitative estimate of drug-likeness (QED) is 0.852. The maximum atomic E-state index is 14.2. The number of hydrogen-bond acceptors (Lipinski definition) is 2. The van der Waals surface area contributed by atoms with Crippen molar-refractivity contribution >= 4 is 17.3 Å². The molecule has 2 nitrogen and oxygen atoms in total. The smallest absolute Gasteiger partial charge is 0.130 e. The molecule has 1 aliphatic heterocycles. The van der Waals surface area contributed by atoms with Crippen molar-refractivity contribution in [3.05, 3.63) is 29.3 Å². The molecule has 0 saturated carbocycles. The number of nitrogens with one attached hydrogen (secondary N) is 2. The van der Waals surface area contributed by atoms with Gasteiger partial charge in [0.05, 0.1) is 10.7 Å². The molecule has 1 fully saturated rings. The lowest BCUT2D eigenvalue weighted by Crippen LogP contribution is -2.43. The van der Waals surface area contributed by atoms with Crippen LogP contribution in [0.15, 0.2) is 24.3 Å². The van der Waals surface area contributed by atoms with E-state index < -0.39 is 5.67 Å². The van der Waals surface area contributed by atoms with Crippen LogP contribution in [0.1, 0.15) is 12.8 Å². The van der Waals surface area contributed by atoms with Crippen LogP contribution in [0, 0.1) is 0 Å². The second-order valence-electron chi connectivity index (χ2n) is 4.23. The van der Waals surface area contributed by atoms with Crippen LogP contribution >= 0.6 is 11.6 Å². The summed E-state index contributed by atoms with van der Waals surface area (Å²) in [5.41, 5.74) is -0.301. The minimum Gasteiger partial charge on any atom is -0.381 e. The summed E-state index contributed by atoms with van der Waals surface area (Å²) in [7, 11) is 0. The van der Waals surface area contributed by atoms with E-state index in [1.54, 1.807) is 6.07 Å². The zero-order valence-electron chi connectivity index (χ0n) is 9.10. The van der Waals surface area contributed by atoms with Gasteiger partial charge in [-0.2, -0.15) is 0 Å². The molecule has 2 rings (SSSR count). The highest BCUT2D eigenvalue weighted by Gasteiger charge is 2.31. The van der Waals surface area contributed by atoms with Crippen LogP contribution in [-0.4, -0.2) is 25.3 Å². The summed E-state index contributed by atoms with van der Waals surface area (Å²) in [5.74, 6) is 0. The summed E-state index contributed by atoms with van der Waals surface area (Å²) in [4.78, 5) is 0. The van der Waals surface area contributed by atoms with E-state index in [1.165, 1.54) is 0 Å². The Morgan fingerprint density at radius 1 is 1.31 bits per heavy atom. The lowest BCUT2D eigenvalue weighted by atomic mass is 9.94. The molecule has 0 amide bonds. The molecule has 0 bridgehead atoms. The topological polar surface area (TPSA) is 24.1 Å². The third-order valence-corrected chi connectivity index (χ3v) is 3.30. The van der Waals surface area contributed by atoms with Crippen molar-refractivity contribution in [1.82, 2.24) is 5.32 Å². The molecule has 4 heteroatoms. The molecule has 0 aliphatic carbocycles. The van der Waals surface area contributed by atoms with Crippen LogP contribution in [0.2, 0.25) is 5.02 Å². The van der Waals surface area contributed by atoms with E-state index in [0.29, 0.717) is 24.4 Å². The molecule has 0 unspecified atom stereocenters. The summed E-state index contributed by atoms with van der Waals surface area (Å²) in [6.45, 7) is 1.83. The van der Waals surface area contributed by atoms with Crippen LogP contribution < -0.4 is 10.6 Å². The lowest BCUT2D eigenvalue weighted by Gasteiger charge is -2.30. The Morgan fingerprint density at radius 2 is 2.00 bits per heavy atom. The number of piperidine rings is 1. The minimum absolute atomic E-state index is 0.332.